The van der Waals surface area contributed by atoms with Crippen LogP contribution in [0.3, 0.4) is 0 Å². The van der Waals surface area contributed by atoms with E-state index in [0.29, 0.717) is 23.7 Å². The lowest BCUT2D eigenvalue weighted by Crippen LogP contribution is -2.20. The van der Waals surface area contributed by atoms with Gasteiger partial charge in [0.05, 0.1) is 18.2 Å². The van der Waals surface area contributed by atoms with Gasteiger partial charge in [0.1, 0.15) is 0 Å². The summed E-state index contributed by atoms with van der Waals surface area (Å²) in [4.78, 5) is 12.1. The van der Waals surface area contributed by atoms with E-state index in [-0.39, 0.29) is 17.9 Å². The third-order valence-corrected chi connectivity index (χ3v) is 3.77. The SMILES string of the molecule is CCOc1cc(C#N)ccc1OCC(=O)Nc1ccc(C(C)(C)C)cc1. The number of carbonyl (C=O) groups excluding carboxylic acids is 1. The number of carbonyl (C=O) groups is 1. The molecule has 136 valence electrons. The Labute approximate surface area is 154 Å². The van der Waals surface area contributed by atoms with Crippen molar-refractivity contribution in [1.82, 2.24) is 0 Å². The van der Waals surface area contributed by atoms with Crippen molar-refractivity contribution < 1.29 is 14.3 Å². The van der Waals surface area contributed by atoms with Gasteiger partial charge in [0.2, 0.25) is 0 Å². The zero-order chi connectivity index (χ0) is 19.2. The summed E-state index contributed by atoms with van der Waals surface area (Å²) in [7, 11) is 0. The van der Waals surface area contributed by atoms with Crippen LogP contribution in [-0.4, -0.2) is 19.1 Å². The van der Waals surface area contributed by atoms with E-state index in [1.807, 2.05) is 31.2 Å². The molecule has 0 unspecified atom stereocenters. The summed E-state index contributed by atoms with van der Waals surface area (Å²) in [6, 6.07) is 14.7. The molecular weight excluding hydrogens is 328 g/mol. The summed E-state index contributed by atoms with van der Waals surface area (Å²) >= 11 is 0. The van der Waals surface area contributed by atoms with Crippen molar-refractivity contribution in [3.63, 3.8) is 0 Å². The number of rotatable bonds is 6. The van der Waals surface area contributed by atoms with Crippen molar-refractivity contribution in [2.45, 2.75) is 33.1 Å². The summed E-state index contributed by atoms with van der Waals surface area (Å²) in [5.74, 6) is 0.623. The standard InChI is InChI=1S/C21H24N2O3/c1-5-25-19-12-15(13-22)6-11-18(19)26-14-20(24)23-17-9-7-16(8-10-17)21(2,3)4/h6-12H,5,14H2,1-4H3,(H,23,24). The number of hydrogen-bond acceptors (Lipinski definition) is 4. The van der Waals surface area contributed by atoms with Crippen molar-refractivity contribution in [2.75, 3.05) is 18.5 Å². The van der Waals surface area contributed by atoms with Gasteiger partial charge in [0, 0.05) is 11.8 Å². The molecule has 0 fully saturated rings. The van der Waals surface area contributed by atoms with Crippen LogP contribution in [0.4, 0.5) is 5.69 Å². The normalized spacial score (nSPS) is 10.7. The zero-order valence-electron chi connectivity index (χ0n) is 15.6. The van der Waals surface area contributed by atoms with Gasteiger partial charge in [-0.15, -0.1) is 0 Å². The number of ether oxygens (including phenoxy) is 2. The van der Waals surface area contributed by atoms with Crippen LogP contribution in [-0.2, 0) is 10.2 Å². The lowest BCUT2D eigenvalue weighted by molar-refractivity contribution is -0.118. The van der Waals surface area contributed by atoms with Crippen LogP contribution >= 0.6 is 0 Å². The molecule has 2 aromatic rings. The van der Waals surface area contributed by atoms with Crippen molar-refractivity contribution in [2.24, 2.45) is 0 Å². The van der Waals surface area contributed by atoms with Gasteiger partial charge in [0.25, 0.3) is 5.91 Å². The molecule has 0 spiro atoms. The zero-order valence-corrected chi connectivity index (χ0v) is 15.6. The highest BCUT2D eigenvalue weighted by Crippen LogP contribution is 2.28. The van der Waals surface area contributed by atoms with Crippen LogP contribution in [0.2, 0.25) is 0 Å². The molecule has 2 aromatic carbocycles. The number of nitrogens with one attached hydrogen (secondary N) is 1. The molecule has 5 nitrogen and oxygen atoms in total. The highest BCUT2D eigenvalue weighted by molar-refractivity contribution is 5.91. The fourth-order valence-electron chi connectivity index (χ4n) is 2.36. The number of hydrogen-bond donors (Lipinski definition) is 1. The maximum absolute atomic E-state index is 12.1. The van der Waals surface area contributed by atoms with Gasteiger partial charge in [-0.05, 0) is 42.2 Å². The minimum atomic E-state index is -0.264. The monoisotopic (exact) mass is 352 g/mol. The second kappa shape index (κ2) is 8.39. The fourth-order valence-corrected chi connectivity index (χ4v) is 2.36. The van der Waals surface area contributed by atoms with Crippen LogP contribution in [0, 0.1) is 11.3 Å². The molecule has 26 heavy (non-hydrogen) atoms. The second-order valence-corrected chi connectivity index (χ2v) is 6.87. The molecule has 0 radical (unpaired) electrons. The third-order valence-electron chi connectivity index (χ3n) is 3.77. The number of nitrogens with zero attached hydrogens (tertiary/aromatic N) is 1. The van der Waals surface area contributed by atoms with E-state index < -0.39 is 0 Å². The van der Waals surface area contributed by atoms with Gasteiger partial charge in [-0.25, -0.2) is 0 Å². The van der Waals surface area contributed by atoms with Gasteiger partial charge >= 0.3 is 0 Å². The molecule has 0 atom stereocenters. The Kier molecular flexibility index (Phi) is 6.24. The Morgan fingerprint density at radius 3 is 2.35 bits per heavy atom. The van der Waals surface area contributed by atoms with E-state index in [1.54, 1.807) is 18.2 Å². The third kappa shape index (κ3) is 5.25. The molecule has 0 bridgehead atoms. The fraction of sp³-hybridized carbons (Fsp3) is 0.333. The summed E-state index contributed by atoms with van der Waals surface area (Å²) in [6.07, 6.45) is 0. The molecule has 5 heteroatoms. The maximum Gasteiger partial charge on any atom is 0.262 e. The lowest BCUT2D eigenvalue weighted by Gasteiger charge is -2.19. The predicted molar refractivity (Wildman–Crippen MR) is 102 cm³/mol. The van der Waals surface area contributed by atoms with Crippen LogP contribution < -0.4 is 14.8 Å². The molecule has 1 N–H and O–H groups in total. The molecule has 0 heterocycles. The van der Waals surface area contributed by atoms with Gasteiger partial charge < -0.3 is 14.8 Å². The molecule has 1 amide bonds. The Balaban J connectivity index is 1.98. The highest BCUT2D eigenvalue weighted by Gasteiger charge is 2.13. The van der Waals surface area contributed by atoms with E-state index in [2.05, 4.69) is 32.2 Å². The Morgan fingerprint density at radius 1 is 1.08 bits per heavy atom. The van der Waals surface area contributed by atoms with Crippen LogP contribution in [0.15, 0.2) is 42.5 Å². The van der Waals surface area contributed by atoms with Crippen LogP contribution in [0.25, 0.3) is 0 Å². The van der Waals surface area contributed by atoms with E-state index in [9.17, 15) is 4.79 Å². The van der Waals surface area contributed by atoms with Gasteiger partial charge in [-0.3, -0.25) is 4.79 Å². The minimum Gasteiger partial charge on any atom is -0.490 e. The average molecular weight is 352 g/mol. The first-order valence-electron chi connectivity index (χ1n) is 8.53. The molecule has 0 aliphatic rings. The van der Waals surface area contributed by atoms with E-state index in [0.717, 1.165) is 5.69 Å². The first kappa shape index (κ1) is 19.3. The number of nitriles is 1. The quantitative estimate of drug-likeness (QED) is 0.842. The van der Waals surface area contributed by atoms with Crippen LogP contribution in [0.5, 0.6) is 11.5 Å². The Bertz CT molecular complexity index is 799. The topological polar surface area (TPSA) is 71.3 Å². The second-order valence-electron chi connectivity index (χ2n) is 6.87. The summed E-state index contributed by atoms with van der Waals surface area (Å²) in [5, 5.41) is 11.8. The number of amides is 1. The van der Waals surface area contributed by atoms with Crippen molar-refractivity contribution >= 4 is 11.6 Å². The molecular formula is C21H24N2O3. The molecule has 2 rings (SSSR count). The Hall–Kier alpha value is -3.00. The van der Waals surface area contributed by atoms with Gasteiger partial charge in [-0.2, -0.15) is 5.26 Å². The first-order valence-corrected chi connectivity index (χ1v) is 8.53. The predicted octanol–water partition coefficient (Wildman–Crippen LogP) is 4.27. The molecule has 0 saturated carbocycles. The van der Waals surface area contributed by atoms with E-state index in [4.69, 9.17) is 14.7 Å². The van der Waals surface area contributed by atoms with Crippen molar-refractivity contribution in [1.29, 1.82) is 5.26 Å². The maximum atomic E-state index is 12.1. The Morgan fingerprint density at radius 2 is 1.77 bits per heavy atom. The smallest absolute Gasteiger partial charge is 0.262 e. The summed E-state index contributed by atoms with van der Waals surface area (Å²) in [5.41, 5.74) is 2.46. The molecule has 0 aromatic heterocycles. The van der Waals surface area contributed by atoms with Crippen LogP contribution in [0.1, 0.15) is 38.8 Å². The molecule has 0 saturated heterocycles. The van der Waals surface area contributed by atoms with Crippen molar-refractivity contribution in [3.05, 3.63) is 53.6 Å². The minimum absolute atomic E-state index is 0.0664. The number of benzene rings is 2. The van der Waals surface area contributed by atoms with Crippen molar-refractivity contribution in [3.8, 4) is 17.6 Å². The highest BCUT2D eigenvalue weighted by atomic mass is 16.5. The summed E-state index contributed by atoms with van der Waals surface area (Å²) in [6.45, 7) is 8.56. The average Bonchev–Trinajstić information content (AvgIpc) is 2.60. The van der Waals surface area contributed by atoms with Gasteiger partial charge in [-0.1, -0.05) is 32.9 Å². The molecule has 0 aliphatic heterocycles. The lowest BCUT2D eigenvalue weighted by atomic mass is 9.87. The largest absolute Gasteiger partial charge is 0.490 e. The van der Waals surface area contributed by atoms with E-state index >= 15 is 0 Å². The number of anilines is 1. The van der Waals surface area contributed by atoms with Gasteiger partial charge in [0.15, 0.2) is 18.1 Å². The first-order chi connectivity index (χ1) is 12.3. The summed E-state index contributed by atoms with van der Waals surface area (Å²) < 4.78 is 11.0. The molecule has 0 aliphatic carbocycles. The van der Waals surface area contributed by atoms with E-state index in [1.165, 1.54) is 5.56 Å².